The van der Waals surface area contributed by atoms with E-state index in [1.807, 2.05) is 0 Å². The summed E-state index contributed by atoms with van der Waals surface area (Å²) in [7, 11) is 1.45. The van der Waals surface area contributed by atoms with Gasteiger partial charge in [0.25, 0.3) is 5.91 Å². The van der Waals surface area contributed by atoms with Gasteiger partial charge in [0.15, 0.2) is 0 Å². The first-order chi connectivity index (χ1) is 13.2. The number of hydrogen-bond donors (Lipinski definition) is 1. The average Bonchev–Trinajstić information content (AvgIpc) is 2.96. The van der Waals surface area contributed by atoms with Crippen molar-refractivity contribution in [3.05, 3.63) is 43.7 Å². The van der Waals surface area contributed by atoms with Gasteiger partial charge in [-0.05, 0) is 48.3 Å². The van der Waals surface area contributed by atoms with Gasteiger partial charge in [-0.1, -0.05) is 44.0 Å². The van der Waals surface area contributed by atoms with Crippen LogP contribution in [0.5, 0.6) is 5.75 Å². The summed E-state index contributed by atoms with van der Waals surface area (Å²) >= 11 is 13.7. The lowest BCUT2D eigenvalue weighted by Crippen LogP contribution is -2.26. The molecule has 7 heteroatoms. The Labute approximate surface area is 179 Å². The van der Waals surface area contributed by atoms with Gasteiger partial charge in [-0.15, -0.1) is 11.3 Å². The molecule has 0 saturated carbocycles. The fourth-order valence-electron chi connectivity index (χ4n) is 3.64. The summed E-state index contributed by atoms with van der Waals surface area (Å²) < 4.78 is 5.27. The van der Waals surface area contributed by atoms with Gasteiger partial charge in [-0.2, -0.15) is 5.26 Å². The molecule has 0 spiro atoms. The number of ether oxygens (including phenoxy) is 1. The number of halogens is 2. The van der Waals surface area contributed by atoms with Crippen LogP contribution in [0.25, 0.3) is 0 Å². The molecule has 1 unspecified atom stereocenters. The van der Waals surface area contributed by atoms with Crippen molar-refractivity contribution in [1.29, 1.82) is 5.26 Å². The van der Waals surface area contributed by atoms with Gasteiger partial charge in [0.05, 0.1) is 23.3 Å². The molecule has 1 heterocycles. The summed E-state index contributed by atoms with van der Waals surface area (Å²) in [4.78, 5) is 14.1. The summed E-state index contributed by atoms with van der Waals surface area (Å²) in [6.07, 6.45) is 2.84. The second-order valence-corrected chi connectivity index (χ2v) is 10.00. The Morgan fingerprint density at radius 3 is 2.68 bits per heavy atom. The summed E-state index contributed by atoms with van der Waals surface area (Å²) in [5, 5.41) is 13.8. The van der Waals surface area contributed by atoms with Crippen LogP contribution in [0.15, 0.2) is 12.1 Å². The highest BCUT2D eigenvalue weighted by Crippen LogP contribution is 2.44. The summed E-state index contributed by atoms with van der Waals surface area (Å²) in [6.45, 7) is 6.75. The van der Waals surface area contributed by atoms with Crippen LogP contribution in [-0.2, 0) is 12.8 Å². The molecule has 28 heavy (non-hydrogen) atoms. The molecule has 0 bridgehead atoms. The largest absolute Gasteiger partial charge is 0.494 e. The van der Waals surface area contributed by atoms with E-state index in [1.54, 1.807) is 0 Å². The van der Waals surface area contributed by atoms with Crippen molar-refractivity contribution in [2.75, 3.05) is 12.4 Å². The highest BCUT2D eigenvalue weighted by Gasteiger charge is 2.32. The maximum absolute atomic E-state index is 12.9. The molecule has 1 aliphatic carbocycles. The Morgan fingerprint density at radius 1 is 1.36 bits per heavy atom. The Morgan fingerprint density at radius 2 is 2.07 bits per heavy atom. The second kappa shape index (κ2) is 7.94. The van der Waals surface area contributed by atoms with Gasteiger partial charge in [0, 0.05) is 9.90 Å². The van der Waals surface area contributed by atoms with E-state index in [2.05, 4.69) is 32.2 Å². The SMILES string of the molecule is COc1c(Cl)cc(Cl)cc1C(=O)Nc1sc2c(c1C#N)CCC(C(C)(C)C)C2. The zero-order valence-corrected chi connectivity index (χ0v) is 18.6. The van der Waals surface area contributed by atoms with Crippen LogP contribution in [-0.4, -0.2) is 13.0 Å². The molecule has 3 rings (SSSR count). The van der Waals surface area contributed by atoms with Crippen LogP contribution >= 0.6 is 34.5 Å². The Kier molecular flexibility index (Phi) is 5.95. The normalized spacial score (nSPS) is 16.2. The predicted molar refractivity (Wildman–Crippen MR) is 115 cm³/mol. The molecule has 0 aliphatic heterocycles. The molecular weight excluding hydrogens is 415 g/mol. The number of anilines is 1. The number of carbonyl (C=O) groups excluding carboxylic acids is 1. The molecule has 4 nitrogen and oxygen atoms in total. The Balaban J connectivity index is 1.94. The molecule has 1 N–H and O–H groups in total. The number of fused-ring (bicyclic) bond motifs is 1. The topological polar surface area (TPSA) is 62.1 Å². The molecule has 1 atom stereocenters. The van der Waals surface area contributed by atoms with Crippen molar-refractivity contribution < 1.29 is 9.53 Å². The highest BCUT2D eigenvalue weighted by molar-refractivity contribution is 7.16. The summed E-state index contributed by atoms with van der Waals surface area (Å²) in [5.74, 6) is 0.417. The second-order valence-electron chi connectivity index (χ2n) is 8.05. The minimum absolute atomic E-state index is 0.211. The van der Waals surface area contributed by atoms with Crippen molar-refractivity contribution in [1.82, 2.24) is 0 Å². The third-order valence-corrected chi connectivity index (χ3v) is 6.95. The van der Waals surface area contributed by atoms with Crippen LogP contribution in [0, 0.1) is 22.7 Å². The maximum Gasteiger partial charge on any atom is 0.260 e. The third-order valence-electron chi connectivity index (χ3n) is 5.29. The zero-order chi connectivity index (χ0) is 20.6. The molecule has 1 aromatic carbocycles. The van der Waals surface area contributed by atoms with Crippen molar-refractivity contribution in [3.63, 3.8) is 0 Å². The van der Waals surface area contributed by atoms with Crippen LogP contribution < -0.4 is 10.1 Å². The smallest absolute Gasteiger partial charge is 0.260 e. The van der Waals surface area contributed by atoms with E-state index in [9.17, 15) is 10.1 Å². The van der Waals surface area contributed by atoms with Gasteiger partial charge >= 0.3 is 0 Å². The fraction of sp³-hybridized carbons (Fsp3) is 0.429. The molecule has 1 amide bonds. The number of thiophene rings is 1. The number of rotatable bonds is 3. The van der Waals surface area contributed by atoms with Crippen molar-refractivity contribution in [2.24, 2.45) is 11.3 Å². The minimum atomic E-state index is -0.399. The predicted octanol–water partition coefficient (Wildman–Crippen LogP) is 6.34. The van der Waals surface area contributed by atoms with Crippen LogP contribution in [0.3, 0.4) is 0 Å². The number of hydrogen-bond acceptors (Lipinski definition) is 4. The lowest BCUT2D eigenvalue weighted by molar-refractivity contribution is 0.102. The number of nitrogens with one attached hydrogen (secondary N) is 1. The first-order valence-corrected chi connectivity index (χ1v) is 10.6. The van der Waals surface area contributed by atoms with Gasteiger partial charge in [0.1, 0.15) is 16.8 Å². The maximum atomic E-state index is 12.9. The zero-order valence-electron chi connectivity index (χ0n) is 16.3. The standard InChI is InChI=1S/C21H22Cl2N2O2S/c1-21(2,3)11-5-6-13-15(10-24)20(28-17(13)7-11)25-19(26)14-8-12(22)9-16(23)18(14)27-4/h8-9,11H,5-7H2,1-4H3,(H,25,26). The van der Waals surface area contributed by atoms with Crippen molar-refractivity contribution in [2.45, 2.75) is 40.0 Å². The van der Waals surface area contributed by atoms with Crippen LogP contribution in [0.2, 0.25) is 10.0 Å². The molecule has 0 radical (unpaired) electrons. The van der Waals surface area contributed by atoms with Crippen molar-refractivity contribution in [3.8, 4) is 11.8 Å². The van der Waals surface area contributed by atoms with Crippen LogP contribution in [0.4, 0.5) is 5.00 Å². The average molecular weight is 437 g/mol. The molecule has 148 valence electrons. The van der Waals surface area contributed by atoms with Crippen molar-refractivity contribution >= 4 is 45.4 Å². The number of amides is 1. The fourth-order valence-corrected chi connectivity index (χ4v) is 5.48. The minimum Gasteiger partial charge on any atom is -0.494 e. The quantitative estimate of drug-likeness (QED) is 0.610. The number of carbonyl (C=O) groups is 1. The van der Waals surface area contributed by atoms with Gasteiger partial charge in [0.2, 0.25) is 0 Å². The van der Waals surface area contributed by atoms with Gasteiger partial charge < -0.3 is 10.1 Å². The highest BCUT2D eigenvalue weighted by atomic mass is 35.5. The number of nitriles is 1. The van der Waals surface area contributed by atoms with E-state index in [0.29, 0.717) is 21.5 Å². The molecule has 1 aliphatic rings. The molecule has 1 aromatic heterocycles. The van der Waals surface area contributed by atoms with E-state index >= 15 is 0 Å². The third kappa shape index (κ3) is 4.00. The van der Waals surface area contributed by atoms with Crippen LogP contribution in [0.1, 0.15) is 53.6 Å². The van der Waals surface area contributed by atoms with E-state index < -0.39 is 5.91 Å². The summed E-state index contributed by atoms with van der Waals surface area (Å²) in [6, 6.07) is 5.31. The Hall–Kier alpha value is -1.74. The molecule has 2 aromatic rings. The van der Waals surface area contributed by atoms with E-state index in [-0.39, 0.29) is 21.8 Å². The van der Waals surface area contributed by atoms with Gasteiger partial charge in [-0.3, -0.25) is 4.79 Å². The first-order valence-electron chi connectivity index (χ1n) is 9.04. The molecular formula is C21H22Cl2N2O2S. The Bertz CT molecular complexity index is 970. The monoisotopic (exact) mass is 436 g/mol. The van der Waals surface area contributed by atoms with Gasteiger partial charge in [-0.25, -0.2) is 0 Å². The van der Waals surface area contributed by atoms with E-state index in [1.165, 1.54) is 35.5 Å². The number of benzene rings is 1. The molecule has 0 fully saturated rings. The molecule has 0 saturated heterocycles. The lowest BCUT2D eigenvalue weighted by atomic mass is 9.72. The summed E-state index contributed by atoms with van der Waals surface area (Å²) in [5.41, 5.74) is 2.08. The lowest BCUT2D eigenvalue weighted by Gasteiger charge is -2.33. The number of methoxy groups -OCH3 is 1. The van der Waals surface area contributed by atoms with E-state index in [4.69, 9.17) is 27.9 Å². The van der Waals surface area contributed by atoms with E-state index in [0.717, 1.165) is 24.8 Å². The number of nitrogens with zero attached hydrogens (tertiary/aromatic N) is 1. The first kappa shape index (κ1) is 21.0.